The molecule has 1 saturated carbocycles. The molecule has 27 heavy (non-hydrogen) atoms. The zero-order chi connectivity index (χ0) is 19.2. The fourth-order valence-electron chi connectivity index (χ4n) is 4.64. The molecule has 4 nitrogen and oxygen atoms in total. The van der Waals surface area contributed by atoms with Crippen LogP contribution in [0.25, 0.3) is 0 Å². The molecule has 148 valence electrons. The molecule has 0 radical (unpaired) electrons. The summed E-state index contributed by atoms with van der Waals surface area (Å²) >= 11 is 0. The summed E-state index contributed by atoms with van der Waals surface area (Å²) in [6.07, 6.45) is 8.20. The molecule has 2 fully saturated rings. The van der Waals surface area contributed by atoms with Crippen molar-refractivity contribution < 1.29 is 14.0 Å². The smallest absolute Gasteiger partial charge is 0.217 e. The number of hydrogen-bond acceptors (Lipinski definition) is 3. The number of carbonyl (C=O) groups is 2. The predicted molar refractivity (Wildman–Crippen MR) is 104 cm³/mol. The molecule has 0 unspecified atom stereocenters. The molecule has 1 aliphatic heterocycles. The lowest BCUT2D eigenvalue weighted by Gasteiger charge is -2.33. The van der Waals surface area contributed by atoms with Gasteiger partial charge in [0.15, 0.2) is 5.78 Å². The third kappa shape index (κ3) is 5.86. The molecule has 5 heteroatoms. The maximum absolute atomic E-state index is 13.0. The molecule has 1 amide bonds. The Morgan fingerprint density at radius 1 is 0.963 bits per heavy atom. The SMILES string of the molecule is NC(=O)CC1CCC(CCN2CCC(C(=O)c3ccc(F)cc3)CC2)CC1. The van der Waals surface area contributed by atoms with Crippen molar-refractivity contribution in [1.82, 2.24) is 4.90 Å². The molecule has 0 atom stereocenters. The summed E-state index contributed by atoms with van der Waals surface area (Å²) < 4.78 is 13.0. The lowest BCUT2D eigenvalue weighted by atomic mass is 9.79. The van der Waals surface area contributed by atoms with E-state index in [1.165, 1.54) is 31.4 Å². The van der Waals surface area contributed by atoms with Gasteiger partial charge in [0, 0.05) is 17.9 Å². The molecular weight excluding hydrogens is 343 g/mol. The van der Waals surface area contributed by atoms with Gasteiger partial charge in [0.25, 0.3) is 0 Å². The summed E-state index contributed by atoms with van der Waals surface area (Å²) in [5.41, 5.74) is 5.93. The number of rotatable bonds is 7. The number of halogens is 1. The highest BCUT2D eigenvalue weighted by Gasteiger charge is 2.27. The van der Waals surface area contributed by atoms with Crippen molar-refractivity contribution in [3.05, 3.63) is 35.6 Å². The van der Waals surface area contributed by atoms with Crippen molar-refractivity contribution in [3.63, 3.8) is 0 Å². The lowest BCUT2D eigenvalue weighted by molar-refractivity contribution is -0.119. The van der Waals surface area contributed by atoms with Crippen molar-refractivity contribution in [2.45, 2.75) is 51.4 Å². The summed E-state index contributed by atoms with van der Waals surface area (Å²) in [6.45, 7) is 3.03. The van der Waals surface area contributed by atoms with Gasteiger partial charge in [-0.25, -0.2) is 4.39 Å². The Hall–Kier alpha value is -1.75. The second-order valence-corrected chi connectivity index (χ2v) is 8.33. The number of nitrogens with two attached hydrogens (primary N) is 1. The topological polar surface area (TPSA) is 63.4 Å². The molecule has 2 aliphatic rings. The number of likely N-dealkylation sites (tertiary alicyclic amines) is 1. The monoisotopic (exact) mass is 374 g/mol. The number of primary amides is 1. The second kappa shape index (κ2) is 9.45. The van der Waals surface area contributed by atoms with E-state index in [2.05, 4.69) is 4.90 Å². The summed E-state index contributed by atoms with van der Waals surface area (Å²) in [4.78, 5) is 26.1. The van der Waals surface area contributed by atoms with Gasteiger partial charge in [-0.15, -0.1) is 0 Å². The first-order chi connectivity index (χ1) is 13.0. The minimum Gasteiger partial charge on any atom is -0.370 e. The normalized spacial score (nSPS) is 24.6. The summed E-state index contributed by atoms with van der Waals surface area (Å²) in [5, 5.41) is 0. The Labute approximate surface area is 161 Å². The van der Waals surface area contributed by atoms with Crippen LogP contribution in [0, 0.1) is 23.6 Å². The fraction of sp³-hybridized carbons (Fsp3) is 0.636. The predicted octanol–water partition coefficient (Wildman–Crippen LogP) is 3.79. The van der Waals surface area contributed by atoms with Crippen molar-refractivity contribution >= 4 is 11.7 Å². The molecule has 0 bridgehead atoms. The number of benzene rings is 1. The van der Waals surface area contributed by atoms with E-state index < -0.39 is 0 Å². The number of piperidine rings is 1. The number of ketones is 1. The van der Waals surface area contributed by atoms with E-state index in [9.17, 15) is 14.0 Å². The van der Waals surface area contributed by atoms with Gasteiger partial charge in [-0.3, -0.25) is 9.59 Å². The fourth-order valence-corrected chi connectivity index (χ4v) is 4.64. The van der Waals surface area contributed by atoms with Gasteiger partial charge in [-0.2, -0.15) is 0 Å². The van der Waals surface area contributed by atoms with Gasteiger partial charge in [-0.1, -0.05) is 12.8 Å². The number of amides is 1. The first-order valence-corrected chi connectivity index (χ1v) is 10.3. The van der Waals surface area contributed by atoms with Crippen molar-refractivity contribution in [3.8, 4) is 0 Å². The van der Waals surface area contributed by atoms with Crippen LogP contribution in [0.2, 0.25) is 0 Å². The lowest BCUT2D eigenvalue weighted by Crippen LogP contribution is -2.37. The molecule has 0 aromatic heterocycles. The minimum atomic E-state index is -0.301. The molecule has 1 saturated heterocycles. The second-order valence-electron chi connectivity index (χ2n) is 8.33. The molecule has 1 aromatic rings. The van der Waals surface area contributed by atoms with Crippen LogP contribution >= 0.6 is 0 Å². The average molecular weight is 375 g/mol. The van der Waals surface area contributed by atoms with Crippen molar-refractivity contribution in [2.24, 2.45) is 23.5 Å². The maximum Gasteiger partial charge on any atom is 0.217 e. The molecule has 1 heterocycles. The van der Waals surface area contributed by atoms with Crippen LogP contribution in [0.4, 0.5) is 4.39 Å². The third-order valence-corrected chi connectivity index (χ3v) is 6.40. The Morgan fingerprint density at radius 2 is 1.56 bits per heavy atom. The van der Waals surface area contributed by atoms with E-state index in [1.54, 1.807) is 12.1 Å². The Bertz CT molecular complexity index is 630. The van der Waals surface area contributed by atoms with Crippen molar-refractivity contribution in [2.75, 3.05) is 19.6 Å². The van der Waals surface area contributed by atoms with E-state index in [-0.39, 0.29) is 23.4 Å². The van der Waals surface area contributed by atoms with E-state index >= 15 is 0 Å². The number of Topliss-reactive ketones (excluding diaryl/α,β-unsaturated/α-hetero) is 1. The molecular formula is C22H31FN2O2. The third-order valence-electron chi connectivity index (χ3n) is 6.40. The van der Waals surface area contributed by atoms with Crippen LogP contribution in [0.5, 0.6) is 0 Å². The minimum absolute atomic E-state index is 0.0657. The highest BCUT2D eigenvalue weighted by atomic mass is 19.1. The average Bonchev–Trinajstić information content (AvgIpc) is 2.67. The maximum atomic E-state index is 13.0. The Morgan fingerprint density at radius 3 is 2.15 bits per heavy atom. The van der Waals surface area contributed by atoms with Crippen LogP contribution in [0.1, 0.15) is 61.7 Å². The van der Waals surface area contributed by atoms with Crippen molar-refractivity contribution in [1.29, 1.82) is 0 Å². The summed E-state index contributed by atoms with van der Waals surface area (Å²) in [6, 6.07) is 5.91. The molecule has 0 spiro atoms. The standard InChI is InChI=1S/C22H31FN2O2/c23-20-7-5-18(6-8-20)22(27)19-10-13-25(14-11-19)12-9-16-1-3-17(4-2-16)15-21(24)26/h5-8,16-17,19H,1-4,9-15H2,(H2,24,26). The molecule has 1 aromatic carbocycles. The first-order valence-electron chi connectivity index (χ1n) is 10.3. The number of nitrogens with zero attached hydrogens (tertiary/aromatic N) is 1. The van der Waals surface area contributed by atoms with Crippen LogP contribution < -0.4 is 5.73 Å². The Balaban J connectivity index is 1.36. The molecule has 1 aliphatic carbocycles. The molecule has 3 rings (SSSR count). The largest absolute Gasteiger partial charge is 0.370 e. The number of hydrogen-bond donors (Lipinski definition) is 1. The van der Waals surface area contributed by atoms with E-state index in [4.69, 9.17) is 5.73 Å². The Kier molecular flexibility index (Phi) is 7.00. The van der Waals surface area contributed by atoms with Crippen LogP contribution in [0.3, 0.4) is 0 Å². The van der Waals surface area contributed by atoms with Gasteiger partial charge >= 0.3 is 0 Å². The van der Waals surface area contributed by atoms with Crippen LogP contribution in [-0.4, -0.2) is 36.2 Å². The van der Waals surface area contributed by atoms with E-state index in [1.807, 2.05) is 0 Å². The quantitative estimate of drug-likeness (QED) is 0.739. The van der Waals surface area contributed by atoms with Gasteiger partial charge < -0.3 is 10.6 Å². The summed E-state index contributed by atoms with van der Waals surface area (Å²) in [7, 11) is 0. The first kappa shape index (κ1) is 20.0. The summed E-state index contributed by atoms with van der Waals surface area (Å²) in [5.74, 6) is 1.000. The number of carbonyl (C=O) groups excluding carboxylic acids is 2. The molecule has 2 N–H and O–H groups in total. The van der Waals surface area contributed by atoms with Crippen LogP contribution in [-0.2, 0) is 4.79 Å². The van der Waals surface area contributed by atoms with Crippen LogP contribution in [0.15, 0.2) is 24.3 Å². The highest BCUT2D eigenvalue weighted by Crippen LogP contribution is 2.33. The highest BCUT2D eigenvalue weighted by molar-refractivity contribution is 5.97. The zero-order valence-corrected chi connectivity index (χ0v) is 16.0. The van der Waals surface area contributed by atoms with E-state index in [0.29, 0.717) is 17.9 Å². The van der Waals surface area contributed by atoms with Gasteiger partial charge in [0.1, 0.15) is 5.82 Å². The van der Waals surface area contributed by atoms with Gasteiger partial charge in [0.2, 0.25) is 5.91 Å². The zero-order valence-electron chi connectivity index (χ0n) is 16.0. The van der Waals surface area contributed by atoms with E-state index in [0.717, 1.165) is 51.2 Å². The van der Waals surface area contributed by atoms with Gasteiger partial charge in [-0.05, 0) is 87.8 Å². The van der Waals surface area contributed by atoms with Gasteiger partial charge in [0.05, 0.1) is 0 Å².